The van der Waals surface area contributed by atoms with Crippen molar-refractivity contribution in [3.8, 4) is 5.82 Å². The zero-order valence-corrected chi connectivity index (χ0v) is 13.8. The van der Waals surface area contributed by atoms with Crippen LogP contribution < -0.4 is 5.32 Å². The maximum Gasteiger partial charge on any atom is 0.417 e. The van der Waals surface area contributed by atoms with E-state index in [1.54, 1.807) is 6.92 Å². The van der Waals surface area contributed by atoms with Crippen molar-refractivity contribution in [3.05, 3.63) is 41.3 Å². The molecule has 0 aromatic carbocycles. The van der Waals surface area contributed by atoms with Crippen LogP contribution in [0.4, 0.5) is 13.2 Å². The van der Waals surface area contributed by atoms with Crippen LogP contribution >= 0.6 is 0 Å². The molecule has 0 saturated heterocycles. The van der Waals surface area contributed by atoms with Crippen LogP contribution in [0.15, 0.2) is 24.5 Å². The molecule has 1 N–H and O–H groups in total. The Morgan fingerprint density at radius 2 is 1.88 bits per heavy atom. The summed E-state index contributed by atoms with van der Waals surface area (Å²) in [5.74, 6) is 0.226. The quantitative estimate of drug-likeness (QED) is 0.928. The number of hydrogen-bond donors (Lipinski definition) is 1. The highest BCUT2D eigenvalue weighted by Crippen LogP contribution is 2.28. The average Bonchev–Trinajstić information content (AvgIpc) is 2.88. The Labute approximate surface area is 137 Å². The van der Waals surface area contributed by atoms with E-state index in [-0.39, 0.29) is 23.7 Å². The first-order valence-electron chi connectivity index (χ1n) is 7.50. The molecule has 2 aromatic rings. The van der Waals surface area contributed by atoms with Crippen LogP contribution in [0.25, 0.3) is 5.82 Å². The van der Waals surface area contributed by atoms with Crippen molar-refractivity contribution in [1.82, 2.24) is 20.1 Å². The van der Waals surface area contributed by atoms with Crippen LogP contribution in [0, 0.1) is 12.8 Å². The number of amides is 1. The molecule has 24 heavy (non-hydrogen) atoms. The second-order valence-electron chi connectivity index (χ2n) is 5.96. The number of halogens is 3. The maximum atomic E-state index is 12.6. The van der Waals surface area contributed by atoms with Gasteiger partial charge in [-0.05, 0) is 31.9 Å². The molecule has 0 spiro atoms. The number of hydrogen-bond acceptors (Lipinski definition) is 3. The Hall–Kier alpha value is -2.38. The number of carbonyl (C=O) groups is 1. The van der Waals surface area contributed by atoms with Gasteiger partial charge in [-0.25, -0.2) is 9.67 Å². The highest BCUT2D eigenvalue weighted by molar-refractivity contribution is 5.95. The van der Waals surface area contributed by atoms with Gasteiger partial charge in [-0.2, -0.15) is 18.3 Å². The summed E-state index contributed by atoms with van der Waals surface area (Å²) in [7, 11) is 0. The third-order valence-corrected chi connectivity index (χ3v) is 3.91. The van der Waals surface area contributed by atoms with Crippen LogP contribution in [0.2, 0.25) is 0 Å². The molecule has 8 heteroatoms. The summed E-state index contributed by atoms with van der Waals surface area (Å²) in [5.41, 5.74) is 0.0414. The average molecular weight is 340 g/mol. The maximum absolute atomic E-state index is 12.6. The molecule has 0 aliphatic rings. The second-order valence-corrected chi connectivity index (χ2v) is 5.96. The van der Waals surface area contributed by atoms with Gasteiger partial charge in [0.25, 0.3) is 5.91 Å². The molecular weight excluding hydrogens is 321 g/mol. The molecule has 0 radical (unpaired) electrons. The van der Waals surface area contributed by atoms with Crippen LogP contribution in [-0.2, 0) is 6.18 Å². The summed E-state index contributed by atoms with van der Waals surface area (Å²) in [6, 6.07) is 2.15. The van der Waals surface area contributed by atoms with Crippen molar-refractivity contribution in [2.75, 3.05) is 0 Å². The van der Waals surface area contributed by atoms with E-state index in [0.717, 1.165) is 12.3 Å². The molecule has 0 aliphatic carbocycles. The van der Waals surface area contributed by atoms with Crippen molar-refractivity contribution in [3.63, 3.8) is 0 Å². The zero-order chi connectivity index (χ0) is 18.1. The minimum absolute atomic E-state index is 0.00977. The van der Waals surface area contributed by atoms with Crippen molar-refractivity contribution in [1.29, 1.82) is 0 Å². The third kappa shape index (κ3) is 3.74. The van der Waals surface area contributed by atoms with Crippen molar-refractivity contribution in [2.45, 2.75) is 39.9 Å². The fourth-order valence-electron chi connectivity index (χ4n) is 1.99. The fourth-order valence-corrected chi connectivity index (χ4v) is 1.99. The van der Waals surface area contributed by atoms with Crippen LogP contribution in [0.1, 0.15) is 42.4 Å². The highest BCUT2D eigenvalue weighted by atomic mass is 19.4. The first kappa shape index (κ1) is 18.0. The molecule has 5 nitrogen and oxygen atoms in total. The molecular formula is C16H19F3N4O. The summed E-state index contributed by atoms with van der Waals surface area (Å²) in [5, 5.41) is 6.93. The van der Waals surface area contributed by atoms with Gasteiger partial charge in [-0.15, -0.1) is 0 Å². The Bertz CT molecular complexity index is 720. The predicted molar refractivity (Wildman–Crippen MR) is 82.9 cm³/mol. The molecule has 2 heterocycles. The van der Waals surface area contributed by atoms with E-state index >= 15 is 0 Å². The molecule has 2 aromatic heterocycles. The number of alkyl halides is 3. The monoisotopic (exact) mass is 340 g/mol. The van der Waals surface area contributed by atoms with Gasteiger partial charge in [-0.3, -0.25) is 4.79 Å². The summed E-state index contributed by atoms with van der Waals surface area (Å²) < 4.78 is 39.1. The Balaban J connectivity index is 2.25. The van der Waals surface area contributed by atoms with E-state index in [0.29, 0.717) is 11.3 Å². The van der Waals surface area contributed by atoms with E-state index in [1.807, 2.05) is 20.8 Å². The second kappa shape index (κ2) is 6.62. The van der Waals surface area contributed by atoms with Crippen LogP contribution in [-0.4, -0.2) is 26.7 Å². The molecule has 2 rings (SSSR count). The van der Waals surface area contributed by atoms with Gasteiger partial charge in [0, 0.05) is 12.2 Å². The first-order chi connectivity index (χ1) is 11.1. The fraction of sp³-hybridized carbons (Fsp3) is 0.438. The van der Waals surface area contributed by atoms with E-state index < -0.39 is 11.7 Å². The van der Waals surface area contributed by atoms with Crippen molar-refractivity contribution < 1.29 is 18.0 Å². The number of nitrogens with one attached hydrogen (secondary N) is 1. The van der Waals surface area contributed by atoms with Gasteiger partial charge in [0.1, 0.15) is 0 Å². The number of carbonyl (C=O) groups excluding carboxylic acids is 1. The van der Waals surface area contributed by atoms with E-state index in [2.05, 4.69) is 15.4 Å². The zero-order valence-electron chi connectivity index (χ0n) is 13.8. The topological polar surface area (TPSA) is 59.8 Å². The summed E-state index contributed by atoms with van der Waals surface area (Å²) >= 11 is 0. The lowest BCUT2D eigenvalue weighted by Crippen LogP contribution is -2.36. The lowest BCUT2D eigenvalue weighted by Gasteiger charge is -2.17. The highest BCUT2D eigenvalue weighted by Gasteiger charge is 2.30. The van der Waals surface area contributed by atoms with Crippen LogP contribution in [0.3, 0.4) is 0 Å². The molecule has 0 bridgehead atoms. The molecule has 1 amide bonds. The Morgan fingerprint density at radius 1 is 1.21 bits per heavy atom. The summed E-state index contributed by atoms with van der Waals surface area (Å²) in [6.07, 6.45) is -2.31. The van der Waals surface area contributed by atoms with Gasteiger partial charge >= 0.3 is 6.18 Å². The van der Waals surface area contributed by atoms with Gasteiger partial charge in [-0.1, -0.05) is 13.8 Å². The normalized spacial score (nSPS) is 13.2. The Kier molecular flexibility index (Phi) is 4.96. The summed E-state index contributed by atoms with van der Waals surface area (Å²) in [4.78, 5) is 16.1. The minimum atomic E-state index is -4.44. The molecule has 1 unspecified atom stereocenters. The predicted octanol–water partition coefficient (Wildman–Crippen LogP) is 3.37. The minimum Gasteiger partial charge on any atom is -0.349 e. The van der Waals surface area contributed by atoms with Gasteiger partial charge in [0.05, 0.1) is 23.0 Å². The molecule has 0 saturated carbocycles. The van der Waals surface area contributed by atoms with E-state index in [1.165, 1.54) is 16.9 Å². The number of rotatable bonds is 4. The lowest BCUT2D eigenvalue weighted by atomic mass is 10.1. The molecule has 0 aliphatic heterocycles. The molecule has 0 fully saturated rings. The first-order valence-corrected chi connectivity index (χ1v) is 7.50. The number of nitrogens with zero attached hydrogens (tertiary/aromatic N) is 3. The molecule has 130 valence electrons. The molecule has 1 atom stereocenters. The van der Waals surface area contributed by atoms with Crippen LogP contribution in [0.5, 0.6) is 0 Å². The van der Waals surface area contributed by atoms with Gasteiger partial charge < -0.3 is 5.32 Å². The van der Waals surface area contributed by atoms with Gasteiger partial charge in [0.2, 0.25) is 0 Å². The largest absolute Gasteiger partial charge is 0.417 e. The summed E-state index contributed by atoms with van der Waals surface area (Å²) in [6.45, 7) is 7.56. The Morgan fingerprint density at radius 3 is 2.38 bits per heavy atom. The smallest absolute Gasteiger partial charge is 0.349 e. The number of pyridine rings is 1. The van der Waals surface area contributed by atoms with E-state index in [4.69, 9.17) is 0 Å². The van der Waals surface area contributed by atoms with Crippen molar-refractivity contribution in [2.24, 2.45) is 5.92 Å². The lowest BCUT2D eigenvalue weighted by molar-refractivity contribution is -0.137. The third-order valence-electron chi connectivity index (χ3n) is 3.91. The standard InChI is InChI=1S/C16H19F3N4O/c1-9(2)10(3)22-15(24)13-8-21-23(11(13)4)14-6-5-12(7-20-14)16(17,18)19/h5-10H,1-4H3,(H,22,24). The van der Waals surface area contributed by atoms with E-state index in [9.17, 15) is 18.0 Å². The number of aromatic nitrogens is 3. The van der Waals surface area contributed by atoms with Crippen molar-refractivity contribution >= 4 is 5.91 Å². The van der Waals surface area contributed by atoms with Gasteiger partial charge in [0.15, 0.2) is 5.82 Å². The SMILES string of the molecule is Cc1c(C(=O)NC(C)C(C)C)cnn1-c1ccc(C(F)(F)F)cn1.